The Hall–Kier alpha value is -1.64. The van der Waals surface area contributed by atoms with Crippen molar-refractivity contribution >= 4 is 57.8 Å². The van der Waals surface area contributed by atoms with Gasteiger partial charge in [-0.2, -0.15) is 0 Å². The summed E-state index contributed by atoms with van der Waals surface area (Å²) in [4.78, 5) is 34.2. The molecule has 0 spiro atoms. The van der Waals surface area contributed by atoms with Crippen LogP contribution in [0.1, 0.15) is 30.7 Å². The molecule has 2 aromatic rings. The molecule has 1 heterocycles. The summed E-state index contributed by atoms with van der Waals surface area (Å²) >= 11 is 0. The number of nitro benzene ring substituents is 1. The number of rotatable bonds is 2. The van der Waals surface area contributed by atoms with Gasteiger partial charge >= 0.3 is 5.69 Å². The Bertz CT molecular complexity index is 726. The standard InChI is InChI=1S/C12H9N3O5.Na/c16-8-2-1-3-9(17)10(8)6-4-5-7(15(18)19)12-11(6)13-20-14-12;/h4-5,10H,1-3H2;. The number of fused-ring (bicyclic) bond motifs is 1. The van der Waals surface area contributed by atoms with Crippen molar-refractivity contribution in [1.29, 1.82) is 0 Å². The summed E-state index contributed by atoms with van der Waals surface area (Å²) in [5.74, 6) is -1.31. The summed E-state index contributed by atoms with van der Waals surface area (Å²) in [6, 6.07) is 2.60. The first-order valence-electron chi connectivity index (χ1n) is 6.04. The van der Waals surface area contributed by atoms with Crippen molar-refractivity contribution in [2.75, 3.05) is 0 Å². The third-order valence-corrected chi connectivity index (χ3v) is 3.42. The molecule has 21 heavy (non-hydrogen) atoms. The fraction of sp³-hybridized carbons (Fsp3) is 0.333. The zero-order valence-electron chi connectivity index (χ0n) is 11.2. The summed E-state index contributed by atoms with van der Waals surface area (Å²) in [6.07, 6.45) is 1.18. The van der Waals surface area contributed by atoms with Crippen molar-refractivity contribution in [2.24, 2.45) is 0 Å². The van der Waals surface area contributed by atoms with Crippen molar-refractivity contribution in [1.82, 2.24) is 10.3 Å². The van der Waals surface area contributed by atoms with E-state index in [-0.39, 0.29) is 57.8 Å². The molecule has 3 rings (SSSR count). The Balaban J connectivity index is 0.00000161. The van der Waals surface area contributed by atoms with Gasteiger partial charge in [-0.05, 0) is 22.8 Å². The van der Waals surface area contributed by atoms with Gasteiger partial charge in [-0.3, -0.25) is 19.7 Å². The molecule has 0 amide bonds. The number of Topliss-reactive ketones (excluding diaryl/α,β-unsaturated/α-hetero) is 2. The van der Waals surface area contributed by atoms with Crippen molar-refractivity contribution < 1.29 is 19.1 Å². The average Bonchev–Trinajstić information content (AvgIpc) is 2.87. The van der Waals surface area contributed by atoms with Gasteiger partial charge in [0.15, 0.2) is 0 Å². The molecule has 1 radical (unpaired) electrons. The third kappa shape index (κ3) is 2.61. The van der Waals surface area contributed by atoms with Gasteiger partial charge in [-0.1, -0.05) is 0 Å². The van der Waals surface area contributed by atoms with Crippen LogP contribution in [0.3, 0.4) is 0 Å². The number of aromatic nitrogens is 2. The van der Waals surface area contributed by atoms with E-state index in [2.05, 4.69) is 14.9 Å². The zero-order chi connectivity index (χ0) is 14.3. The molecule has 9 heteroatoms. The fourth-order valence-corrected chi connectivity index (χ4v) is 2.50. The van der Waals surface area contributed by atoms with Crippen LogP contribution in [0.4, 0.5) is 5.69 Å². The first-order chi connectivity index (χ1) is 9.59. The van der Waals surface area contributed by atoms with Crippen LogP contribution in [0, 0.1) is 10.1 Å². The molecule has 103 valence electrons. The van der Waals surface area contributed by atoms with E-state index < -0.39 is 10.8 Å². The van der Waals surface area contributed by atoms with Crippen LogP contribution >= 0.6 is 0 Å². The fourth-order valence-electron chi connectivity index (χ4n) is 2.50. The van der Waals surface area contributed by atoms with Crippen LogP contribution in [0.5, 0.6) is 0 Å². The van der Waals surface area contributed by atoms with E-state index in [1.165, 1.54) is 12.1 Å². The number of non-ortho nitro benzene ring substituents is 1. The van der Waals surface area contributed by atoms with E-state index in [9.17, 15) is 19.7 Å². The van der Waals surface area contributed by atoms with Crippen molar-refractivity contribution in [2.45, 2.75) is 25.2 Å². The molecule has 1 fully saturated rings. The minimum atomic E-state index is -0.918. The topological polar surface area (TPSA) is 116 Å². The number of hydrogen-bond donors (Lipinski definition) is 0. The predicted molar refractivity (Wildman–Crippen MR) is 70.8 cm³/mol. The maximum absolute atomic E-state index is 12.0. The minimum Gasteiger partial charge on any atom is -0.299 e. The first kappa shape index (κ1) is 15.7. The van der Waals surface area contributed by atoms with Crippen LogP contribution in [0.2, 0.25) is 0 Å². The molecule has 0 saturated heterocycles. The van der Waals surface area contributed by atoms with E-state index in [1.807, 2.05) is 0 Å². The second-order valence-electron chi connectivity index (χ2n) is 4.61. The maximum Gasteiger partial charge on any atom is 0.300 e. The van der Waals surface area contributed by atoms with E-state index >= 15 is 0 Å². The minimum absolute atomic E-state index is 0. The molecule has 0 atom stereocenters. The average molecular weight is 298 g/mol. The molecule has 0 unspecified atom stereocenters. The Morgan fingerprint density at radius 1 is 1.14 bits per heavy atom. The van der Waals surface area contributed by atoms with Crippen LogP contribution < -0.4 is 0 Å². The number of benzene rings is 1. The molecule has 1 saturated carbocycles. The van der Waals surface area contributed by atoms with Gasteiger partial charge < -0.3 is 0 Å². The van der Waals surface area contributed by atoms with Crippen molar-refractivity contribution in [3.63, 3.8) is 0 Å². The molecule has 0 bridgehead atoms. The molecule has 1 aliphatic rings. The van der Waals surface area contributed by atoms with Gasteiger partial charge in [0.2, 0.25) is 5.52 Å². The van der Waals surface area contributed by atoms with E-state index in [0.717, 1.165) is 0 Å². The van der Waals surface area contributed by atoms with E-state index in [1.54, 1.807) is 0 Å². The second-order valence-corrected chi connectivity index (χ2v) is 4.61. The second kappa shape index (κ2) is 6.00. The summed E-state index contributed by atoms with van der Waals surface area (Å²) < 4.78 is 4.53. The Morgan fingerprint density at radius 2 is 1.76 bits per heavy atom. The number of hydrogen-bond acceptors (Lipinski definition) is 7. The Morgan fingerprint density at radius 3 is 2.38 bits per heavy atom. The molecule has 8 nitrogen and oxygen atoms in total. The van der Waals surface area contributed by atoms with Crippen LogP contribution in [-0.2, 0) is 9.59 Å². The number of nitrogens with zero attached hydrogens (tertiary/aromatic N) is 3. The smallest absolute Gasteiger partial charge is 0.299 e. The van der Waals surface area contributed by atoms with Gasteiger partial charge in [-0.25, -0.2) is 4.63 Å². The summed E-state index contributed by atoms with van der Waals surface area (Å²) in [7, 11) is 0. The molecule has 0 N–H and O–H groups in total. The van der Waals surface area contributed by atoms with E-state index in [0.29, 0.717) is 24.8 Å². The van der Waals surface area contributed by atoms with Gasteiger partial charge in [0.25, 0.3) is 0 Å². The normalized spacial score (nSPS) is 16.0. The van der Waals surface area contributed by atoms with Crippen LogP contribution in [-0.4, -0.2) is 56.4 Å². The Labute approximate surface area is 140 Å². The van der Waals surface area contributed by atoms with Gasteiger partial charge in [0.1, 0.15) is 23.0 Å². The quantitative estimate of drug-likeness (QED) is 0.353. The monoisotopic (exact) mass is 298 g/mol. The van der Waals surface area contributed by atoms with Gasteiger partial charge in [0.05, 0.1) is 4.92 Å². The van der Waals surface area contributed by atoms with Gasteiger partial charge in [-0.15, -0.1) is 0 Å². The van der Waals surface area contributed by atoms with Crippen molar-refractivity contribution in [3.05, 3.63) is 27.8 Å². The summed E-state index contributed by atoms with van der Waals surface area (Å²) in [6.45, 7) is 0. The maximum atomic E-state index is 12.0. The zero-order valence-corrected chi connectivity index (χ0v) is 13.2. The van der Waals surface area contributed by atoms with E-state index in [4.69, 9.17) is 0 Å². The number of carbonyl (C=O) groups excluding carboxylic acids is 2. The first-order valence-corrected chi connectivity index (χ1v) is 6.04. The van der Waals surface area contributed by atoms with Crippen LogP contribution in [0.15, 0.2) is 16.8 Å². The van der Waals surface area contributed by atoms with Crippen molar-refractivity contribution in [3.8, 4) is 0 Å². The van der Waals surface area contributed by atoms with Gasteiger partial charge in [0, 0.05) is 54.0 Å². The molecule has 1 aliphatic carbocycles. The summed E-state index contributed by atoms with van der Waals surface area (Å²) in [5, 5.41) is 18.0. The predicted octanol–water partition coefficient (Wildman–Crippen LogP) is 1.16. The van der Waals surface area contributed by atoms with Crippen LogP contribution in [0.25, 0.3) is 11.0 Å². The number of ketones is 2. The summed E-state index contributed by atoms with van der Waals surface area (Å²) in [5.41, 5.74) is 0.133. The molecule has 1 aromatic carbocycles. The third-order valence-electron chi connectivity index (χ3n) is 3.42. The largest absolute Gasteiger partial charge is 0.300 e. The Kier molecular flexibility index (Phi) is 4.50. The molecule has 0 aliphatic heterocycles. The molecular weight excluding hydrogens is 289 g/mol. The number of nitro groups is 1. The SMILES string of the molecule is O=C1CCCC(=O)C1c1ccc([N+](=O)[O-])c2nonc12.[Na]. The molecular formula is C12H9N3NaO5. The molecule has 1 aromatic heterocycles. The number of carbonyl (C=O) groups is 2.